The second kappa shape index (κ2) is 7.66. The van der Waals surface area contributed by atoms with Crippen molar-refractivity contribution in [3.05, 3.63) is 69.3 Å². The molecule has 0 aliphatic heterocycles. The molecular formula is C32H40O3. The first-order valence-corrected chi connectivity index (χ1v) is 12.7. The third kappa shape index (κ3) is 4.17. The molecule has 0 bridgehead atoms. The number of rotatable bonds is 1. The Labute approximate surface area is 210 Å². The van der Waals surface area contributed by atoms with Crippen molar-refractivity contribution in [2.24, 2.45) is 0 Å². The number of phenols is 1. The summed E-state index contributed by atoms with van der Waals surface area (Å²) in [5.41, 5.74) is 6.41. The van der Waals surface area contributed by atoms with Crippen molar-refractivity contribution < 1.29 is 14.7 Å². The van der Waals surface area contributed by atoms with Gasteiger partial charge in [0.25, 0.3) is 0 Å². The van der Waals surface area contributed by atoms with Crippen molar-refractivity contribution in [1.82, 2.24) is 0 Å². The van der Waals surface area contributed by atoms with Crippen molar-refractivity contribution in [3.63, 3.8) is 0 Å². The van der Waals surface area contributed by atoms with Gasteiger partial charge in [-0.15, -0.1) is 0 Å². The van der Waals surface area contributed by atoms with Crippen LogP contribution in [0.3, 0.4) is 0 Å². The highest BCUT2D eigenvalue weighted by molar-refractivity contribution is 6.51. The third-order valence-corrected chi connectivity index (χ3v) is 8.06. The van der Waals surface area contributed by atoms with Gasteiger partial charge in [-0.05, 0) is 92.7 Å². The monoisotopic (exact) mass is 472 g/mol. The second-order valence-corrected chi connectivity index (χ2v) is 13.9. The molecule has 2 aliphatic rings. The molecule has 2 aromatic carbocycles. The van der Waals surface area contributed by atoms with Crippen LogP contribution in [0.2, 0.25) is 0 Å². The zero-order valence-corrected chi connectivity index (χ0v) is 23.1. The predicted octanol–water partition coefficient (Wildman–Crippen LogP) is 7.53. The van der Waals surface area contributed by atoms with Crippen molar-refractivity contribution in [1.29, 1.82) is 0 Å². The summed E-state index contributed by atoms with van der Waals surface area (Å²) in [6.45, 7) is 21.5. The van der Waals surface area contributed by atoms with Crippen LogP contribution in [-0.2, 0) is 26.5 Å². The average Bonchev–Trinajstić information content (AvgIpc) is 2.72. The maximum atomic E-state index is 13.1. The molecule has 3 nitrogen and oxygen atoms in total. The summed E-state index contributed by atoms with van der Waals surface area (Å²) in [6.07, 6.45) is 3.61. The van der Waals surface area contributed by atoms with E-state index < -0.39 is 11.6 Å². The summed E-state index contributed by atoms with van der Waals surface area (Å²) >= 11 is 0. The Kier molecular flexibility index (Phi) is 5.56. The molecule has 0 saturated heterocycles. The van der Waals surface area contributed by atoms with E-state index in [2.05, 4.69) is 75.3 Å². The molecule has 0 unspecified atom stereocenters. The molecule has 0 spiro atoms. The first-order chi connectivity index (χ1) is 15.8. The van der Waals surface area contributed by atoms with Crippen LogP contribution in [0.5, 0.6) is 5.75 Å². The summed E-state index contributed by atoms with van der Waals surface area (Å²) in [5, 5.41) is 11.2. The highest BCUT2D eigenvalue weighted by atomic mass is 16.3. The lowest BCUT2D eigenvalue weighted by Crippen LogP contribution is -2.35. The van der Waals surface area contributed by atoms with Gasteiger partial charge in [0, 0.05) is 16.7 Å². The zero-order chi connectivity index (χ0) is 26.3. The number of Topliss-reactive ketones (excluding diaryl/α,β-unsaturated/α-hetero) is 1. The SMILES string of the molecule is CC(C)(C)c1cc(C2=CC(=O)C(=O)c3cc4c(cc32)C(C)(C)CCC4(C)C)cc(C(C)(C)C)c1O. The first-order valence-electron chi connectivity index (χ1n) is 12.7. The number of benzene rings is 2. The Hall–Kier alpha value is -2.68. The number of carbonyl (C=O) groups excluding carboxylic acids is 2. The van der Waals surface area contributed by atoms with Crippen LogP contribution >= 0.6 is 0 Å². The van der Waals surface area contributed by atoms with Gasteiger partial charge in [0.15, 0.2) is 0 Å². The number of phenolic OH excluding ortho intramolecular Hbond substituents is 1. The first kappa shape index (κ1) is 25.4. The third-order valence-electron chi connectivity index (χ3n) is 8.06. The second-order valence-electron chi connectivity index (χ2n) is 13.9. The van der Waals surface area contributed by atoms with E-state index in [1.165, 1.54) is 17.2 Å². The summed E-state index contributed by atoms with van der Waals surface area (Å²) in [6, 6.07) is 8.16. The Morgan fingerprint density at radius 2 is 1.14 bits per heavy atom. The largest absolute Gasteiger partial charge is 0.507 e. The van der Waals surface area contributed by atoms with Crippen LogP contribution in [0.15, 0.2) is 30.3 Å². The highest BCUT2D eigenvalue weighted by Crippen LogP contribution is 2.49. The van der Waals surface area contributed by atoms with E-state index in [0.717, 1.165) is 40.7 Å². The van der Waals surface area contributed by atoms with Gasteiger partial charge < -0.3 is 5.11 Å². The normalized spacial score (nSPS) is 19.2. The topological polar surface area (TPSA) is 54.4 Å². The summed E-state index contributed by atoms with van der Waals surface area (Å²) in [5.74, 6) is -0.610. The molecule has 2 aliphatic carbocycles. The van der Waals surface area contributed by atoms with Gasteiger partial charge in [0.1, 0.15) is 5.75 Å². The fraction of sp³-hybridized carbons (Fsp3) is 0.500. The van der Waals surface area contributed by atoms with Crippen molar-refractivity contribution in [2.75, 3.05) is 0 Å². The Morgan fingerprint density at radius 1 is 0.714 bits per heavy atom. The summed E-state index contributed by atoms with van der Waals surface area (Å²) in [4.78, 5) is 26.1. The predicted molar refractivity (Wildman–Crippen MR) is 144 cm³/mol. The van der Waals surface area contributed by atoms with E-state index in [-0.39, 0.29) is 21.7 Å². The standard InChI is InChI=1S/C32H40O3/c1-29(2,3)24-13-18(14-25(28(24)35)30(4,5)6)19-17-26(33)27(34)21-16-23-22(15-20(19)21)31(7,8)11-12-32(23,9)10/h13-17,35H,11-12H2,1-10H3. The number of hydrogen-bond acceptors (Lipinski definition) is 3. The molecule has 35 heavy (non-hydrogen) atoms. The minimum absolute atomic E-state index is 0.0163. The molecule has 0 amide bonds. The molecule has 0 aromatic heterocycles. The Morgan fingerprint density at radius 3 is 1.57 bits per heavy atom. The van der Waals surface area contributed by atoms with Crippen molar-refractivity contribution in [2.45, 2.75) is 104 Å². The maximum Gasteiger partial charge on any atom is 0.233 e. The van der Waals surface area contributed by atoms with Crippen LogP contribution in [0, 0.1) is 0 Å². The molecular weight excluding hydrogens is 432 g/mol. The molecule has 0 atom stereocenters. The van der Waals surface area contributed by atoms with Gasteiger partial charge in [-0.1, -0.05) is 69.2 Å². The van der Waals surface area contributed by atoms with E-state index in [9.17, 15) is 14.7 Å². The van der Waals surface area contributed by atoms with Gasteiger partial charge in [-0.25, -0.2) is 0 Å². The molecule has 0 saturated carbocycles. The molecule has 186 valence electrons. The van der Waals surface area contributed by atoms with Crippen LogP contribution < -0.4 is 0 Å². The van der Waals surface area contributed by atoms with Gasteiger partial charge in [0.2, 0.25) is 11.6 Å². The van der Waals surface area contributed by atoms with Crippen LogP contribution in [0.4, 0.5) is 0 Å². The summed E-state index contributed by atoms with van der Waals surface area (Å²) < 4.78 is 0. The number of allylic oxidation sites excluding steroid dienone is 1. The fourth-order valence-corrected chi connectivity index (χ4v) is 5.60. The number of carbonyl (C=O) groups is 2. The van der Waals surface area contributed by atoms with E-state index in [0.29, 0.717) is 11.3 Å². The lowest BCUT2D eigenvalue weighted by molar-refractivity contribution is -0.111. The molecule has 0 heterocycles. The molecule has 4 rings (SSSR count). The maximum absolute atomic E-state index is 13.1. The van der Waals surface area contributed by atoms with Crippen LogP contribution in [-0.4, -0.2) is 16.7 Å². The van der Waals surface area contributed by atoms with Crippen LogP contribution in [0.25, 0.3) is 5.57 Å². The molecule has 3 heteroatoms. The highest BCUT2D eigenvalue weighted by Gasteiger charge is 2.40. The van der Waals surface area contributed by atoms with Crippen molar-refractivity contribution >= 4 is 17.1 Å². The van der Waals surface area contributed by atoms with Gasteiger partial charge in [-0.3, -0.25) is 9.59 Å². The minimum Gasteiger partial charge on any atom is -0.507 e. The number of hydrogen-bond donors (Lipinski definition) is 1. The van der Waals surface area contributed by atoms with Gasteiger partial charge >= 0.3 is 0 Å². The number of fused-ring (bicyclic) bond motifs is 2. The van der Waals surface area contributed by atoms with E-state index in [4.69, 9.17) is 0 Å². The summed E-state index contributed by atoms with van der Waals surface area (Å²) in [7, 11) is 0. The minimum atomic E-state index is -0.483. The smallest absolute Gasteiger partial charge is 0.233 e. The van der Waals surface area contributed by atoms with Gasteiger partial charge in [0.05, 0.1) is 0 Å². The molecule has 1 N–H and O–H groups in total. The fourth-order valence-electron chi connectivity index (χ4n) is 5.60. The van der Waals surface area contributed by atoms with Gasteiger partial charge in [-0.2, -0.15) is 0 Å². The zero-order valence-electron chi connectivity index (χ0n) is 23.1. The van der Waals surface area contributed by atoms with E-state index in [1.54, 1.807) is 0 Å². The van der Waals surface area contributed by atoms with E-state index in [1.807, 2.05) is 18.2 Å². The molecule has 0 fully saturated rings. The number of aromatic hydroxyl groups is 1. The Bertz CT molecular complexity index is 1250. The number of ketones is 2. The lowest BCUT2D eigenvalue weighted by Gasteiger charge is -2.42. The van der Waals surface area contributed by atoms with Crippen molar-refractivity contribution in [3.8, 4) is 5.75 Å². The van der Waals surface area contributed by atoms with E-state index >= 15 is 0 Å². The molecule has 2 aromatic rings. The average molecular weight is 473 g/mol. The van der Waals surface area contributed by atoms with Crippen LogP contribution in [0.1, 0.15) is 126 Å². The Balaban J connectivity index is 2.06. The molecule has 0 radical (unpaired) electrons. The lowest BCUT2D eigenvalue weighted by atomic mass is 9.62. The quantitative estimate of drug-likeness (QED) is 0.436.